The van der Waals surface area contributed by atoms with Crippen LogP contribution in [0.15, 0.2) is 36.5 Å². The first-order valence-corrected chi connectivity index (χ1v) is 9.89. The SMILES string of the molecule is N#Cc1cc(-c2ccnc(NC(=O)[C@@H]3C[C@H]3C(F)F)c2)ccc1OC1CCOCC1. The van der Waals surface area contributed by atoms with Gasteiger partial charge in [0.25, 0.3) is 0 Å². The Bertz CT molecular complexity index is 970. The highest BCUT2D eigenvalue weighted by Gasteiger charge is 2.48. The average Bonchev–Trinajstić information content (AvgIpc) is 3.56. The van der Waals surface area contributed by atoms with Crippen LogP contribution in [0.4, 0.5) is 14.6 Å². The van der Waals surface area contributed by atoms with E-state index >= 15 is 0 Å². The Morgan fingerprint density at radius 1 is 1.23 bits per heavy atom. The van der Waals surface area contributed by atoms with Crippen molar-refractivity contribution in [2.24, 2.45) is 11.8 Å². The molecule has 0 spiro atoms. The molecule has 2 aliphatic rings. The summed E-state index contributed by atoms with van der Waals surface area (Å²) in [6, 6.07) is 10.9. The van der Waals surface area contributed by atoms with E-state index in [-0.39, 0.29) is 12.5 Å². The quantitative estimate of drug-likeness (QED) is 0.773. The summed E-state index contributed by atoms with van der Waals surface area (Å²) in [5, 5.41) is 12.2. The number of alkyl halides is 2. The third kappa shape index (κ3) is 4.57. The predicted octanol–water partition coefficient (Wildman–Crippen LogP) is 4.02. The van der Waals surface area contributed by atoms with Gasteiger partial charge in [-0.3, -0.25) is 4.79 Å². The molecule has 1 aliphatic carbocycles. The van der Waals surface area contributed by atoms with Crippen molar-refractivity contribution < 1.29 is 23.0 Å². The number of ether oxygens (including phenoxy) is 2. The third-order valence-corrected chi connectivity index (χ3v) is 5.41. The fourth-order valence-corrected chi connectivity index (χ4v) is 3.57. The van der Waals surface area contributed by atoms with Gasteiger partial charge in [-0.1, -0.05) is 6.07 Å². The molecule has 2 aromatic rings. The number of amides is 1. The summed E-state index contributed by atoms with van der Waals surface area (Å²) < 4.78 is 36.6. The number of anilines is 1. The minimum Gasteiger partial charge on any atom is -0.489 e. The van der Waals surface area contributed by atoms with Crippen molar-refractivity contribution in [2.75, 3.05) is 18.5 Å². The van der Waals surface area contributed by atoms with Gasteiger partial charge < -0.3 is 14.8 Å². The number of hydrogen-bond donors (Lipinski definition) is 1. The van der Waals surface area contributed by atoms with Gasteiger partial charge in [0.1, 0.15) is 23.7 Å². The smallest absolute Gasteiger partial charge is 0.242 e. The van der Waals surface area contributed by atoms with Crippen molar-refractivity contribution >= 4 is 11.7 Å². The molecule has 1 amide bonds. The van der Waals surface area contributed by atoms with E-state index in [1.165, 1.54) is 6.20 Å². The minimum absolute atomic E-state index is 0.0268. The van der Waals surface area contributed by atoms with Gasteiger partial charge in [-0.15, -0.1) is 0 Å². The van der Waals surface area contributed by atoms with Crippen molar-refractivity contribution in [3.8, 4) is 22.9 Å². The van der Waals surface area contributed by atoms with Gasteiger partial charge >= 0.3 is 0 Å². The second kappa shape index (κ2) is 8.76. The summed E-state index contributed by atoms with van der Waals surface area (Å²) in [7, 11) is 0. The van der Waals surface area contributed by atoms with E-state index in [4.69, 9.17) is 9.47 Å². The number of halogens is 2. The van der Waals surface area contributed by atoms with Crippen molar-refractivity contribution in [1.82, 2.24) is 4.98 Å². The Morgan fingerprint density at radius 2 is 2.00 bits per heavy atom. The molecule has 8 heteroatoms. The maximum atomic E-state index is 12.7. The molecule has 1 aromatic heterocycles. The largest absolute Gasteiger partial charge is 0.489 e. The van der Waals surface area contributed by atoms with Crippen LogP contribution in [-0.2, 0) is 9.53 Å². The number of pyridine rings is 1. The van der Waals surface area contributed by atoms with Crippen molar-refractivity contribution in [3.63, 3.8) is 0 Å². The summed E-state index contributed by atoms with van der Waals surface area (Å²) in [6.45, 7) is 1.30. The lowest BCUT2D eigenvalue weighted by Crippen LogP contribution is -2.26. The van der Waals surface area contributed by atoms with Crippen LogP contribution in [0.1, 0.15) is 24.8 Å². The monoisotopic (exact) mass is 413 g/mol. The van der Waals surface area contributed by atoms with Gasteiger partial charge in [-0.05, 0) is 41.8 Å². The molecule has 2 heterocycles. The molecule has 30 heavy (non-hydrogen) atoms. The Balaban J connectivity index is 1.48. The van der Waals surface area contributed by atoms with Gasteiger partial charge in [-0.25, -0.2) is 13.8 Å². The minimum atomic E-state index is -2.48. The maximum Gasteiger partial charge on any atom is 0.242 e. The number of rotatable bonds is 6. The van der Waals surface area contributed by atoms with Crippen LogP contribution in [0.2, 0.25) is 0 Å². The number of benzene rings is 1. The maximum absolute atomic E-state index is 12.7. The molecule has 156 valence electrons. The third-order valence-electron chi connectivity index (χ3n) is 5.41. The predicted molar refractivity (Wildman–Crippen MR) is 105 cm³/mol. The molecule has 1 N–H and O–H groups in total. The molecule has 1 saturated heterocycles. The Hall–Kier alpha value is -3.05. The van der Waals surface area contributed by atoms with Crippen LogP contribution in [0.5, 0.6) is 5.75 Å². The average molecular weight is 413 g/mol. The summed E-state index contributed by atoms with van der Waals surface area (Å²) in [6.07, 6.45) is 0.843. The fourth-order valence-electron chi connectivity index (χ4n) is 3.57. The normalized spacial score (nSPS) is 21.1. The van der Waals surface area contributed by atoms with Crippen LogP contribution in [0, 0.1) is 23.2 Å². The molecule has 6 nitrogen and oxygen atoms in total. The van der Waals surface area contributed by atoms with Crippen LogP contribution in [0.25, 0.3) is 11.1 Å². The highest BCUT2D eigenvalue weighted by molar-refractivity contribution is 5.94. The topological polar surface area (TPSA) is 84.2 Å². The van der Waals surface area contributed by atoms with Gasteiger partial charge in [0.05, 0.1) is 18.8 Å². The van der Waals surface area contributed by atoms with E-state index in [1.54, 1.807) is 24.3 Å². The Morgan fingerprint density at radius 3 is 2.70 bits per heavy atom. The number of carbonyl (C=O) groups excluding carboxylic acids is 1. The van der Waals surface area contributed by atoms with Crippen LogP contribution >= 0.6 is 0 Å². The zero-order valence-corrected chi connectivity index (χ0v) is 16.2. The molecule has 1 aromatic carbocycles. The Labute approximate surface area is 172 Å². The van der Waals surface area contributed by atoms with Crippen molar-refractivity contribution in [3.05, 3.63) is 42.1 Å². The molecule has 4 rings (SSSR count). The number of nitrogens with one attached hydrogen (secondary N) is 1. The number of hydrogen-bond acceptors (Lipinski definition) is 5. The first-order valence-electron chi connectivity index (χ1n) is 9.89. The zero-order valence-electron chi connectivity index (χ0n) is 16.2. The lowest BCUT2D eigenvalue weighted by molar-refractivity contribution is -0.118. The second-order valence-corrected chi connectivity index (χ2v) is 7.51. The molecular weight excluding hydrogens is 392 g/mol. The molecular formula is C22H21F2N3O3. The highest BCUT2D eigenvalue weighted by atomic mass is 19.3. The number of nitriles is 1. The van der Waals surface area contributed by atoms with Crippen LogP contribution < -0.4 is 10.1 Å². The lowest BCUT2D eigenvalue weighted by Gasteiger charge is -2.23. The molecule has 2 fully saturated rings. The summed E-state index contributed by atoms with van der Waals surface area (Å²) in [5.41, 5.74) is 1.93. The summed E-state index contributed by atoms with van der Waals surface area (Å²) in [5.74, 6) is -1.15. The van der Waals surface area contributed by atoms with Crippen molar-refractivity contribution in [2.45, 2.75) is 31.8 Å². The lowest BCUT2D eigenvalue weighted by atomic mass is 10.0. The number of carbonyl (C=O) groups is 1. The van der Waals surface area contributed by atoms with E-state index in [1.807, 2.05) is 6.07 Å². The summed E-state index contributed by atoms with van der Waals surface area (Å²) >= 11 is 0. The van der Waals surface area contributed by atoms with Crippen LogP contribution in [0.3, 0.4) is 0 Å². The summed E-state index contributed by atoms with van der Waals surface area (Å²) in [4.78, 5) is 16.2. The van der Waals surface area contributed by atoms with Crippen LogP contribution in [-0.4, -0.2) is 36.6 Å². The number of nitrogens with zero attached hydrogens (tertiary/aromatic N) is 2. The number of aromatic nitrogens is 1. The molecule has 2 atom stereocenters. The molecule has 1 aliphatic heterocycles. The first kappa shape index (κ1) is 20.2. The molecule has 0 unspecified atom stereocenters. The molecule has 1 saturated carbocycles. The van der Waals surface area contributed by atoms with E-state index in [9.17, 15) is 18.8 Å². The highest BCUT2D eigenvalue weighted by Crippen LogP contribution is 2.43. The van der Waals surface area contributed by atoms with Gasteiger partial charge in [-0.2, -0.15) is 5.26 Å². The fraction of sp³-hybridized carbons (Fsp3) is 0.409. The van der Waals surface area contributed by atoms with E-state index in [0.717, 1.165) is 24.0 Å². The standard InChI is InChI=1S/C22H21F2N3O3/c23-21(24)17-11-18(17)22(28)27-20-10-14(3-6-26-20)13-1-2-19(15(9-13)12-25)30-16-4-7-29-8-5-16/h1-3,6,9-10,16-18,21H,4-5,7-8,11H2,(H,26,27,28)/t17-,18-/m1/s1. The molecule has 0 bridgehead atoms. The van der Waals surface area contributed by atoms with E-state index in [2.05, 4.69) is 16.4 Å². The molecule has 0 radical (unpaired) electrons. The van der Waals surface area contributed by atoms with Gasteiger partial charge in [0, 0.05) is 30.9 Å². The van der Waals surface area contributed by atoms with E-state index in [0.29, 0.717) is 30.3 Å². The van der Waals surface area contributed by atoms with E-state index < -0.39 is 24.2 Å². The van der Waals surface area contributed by atoms with Gasteiger partial charge in [0.2, 0.25) is 12.3 Å². The first-order chi connectivity index (χ1) is 14.5. The van der Waals surface area contributed by atoms with Crippen molar-refractivity contribution in [1.29, 1.82) is 5.26 Å². The Kier molecular flexibility index (Phi) is 5.91. The second-order valence-electron chi connectivity index (χ2n) is 7.51. The van der Waals surface area contributed by atoms with Gasteiger partial charge in [0.15, 0.2) is 0 Å². The zero-order chi connectivity index (χ0) is 21.1.